The molecule has 4 nitrogen and oxygen atoms in total. The van der Waals surface area contributed by atoms with Crippen LogP contribution in [0.2, 0.25) is 0 Å². The van der Waals surface area contributed by atoms with Crippen LogP contribution in [-0.4, -0.2) is 47.6 Å². The van der Waals surface area contributed by atoms with Gasteiger partial charge in [-0.1, -0.05) is 64.7 Å². The van der Waals surface area contributed by atoms with Gasteiger partial charge in [-0.25, -0.2) is 0 Å². The minimum atomic E-state index is -0.0288. The number of unbranched alkanes of at least 4 members (excludes halogenated alkanes) is 8. The van der Waals surface area contributed by atoms with Crippen molar-refractivity contribution in [1.82, 2.24) is 4.90 Å². The maximum atomic E-state index is 8.96. The van der Waals surface area contributed by atoms with E-state index in [9.17, 15) is 0 Å². The van der Waals surface area contributed by atoms with E-state index in [0.29, 0.717) is 13.1 Å². The van der Waals surface area contributed by atoms with E-state index in [1.54, 1.807) is 0 Å². The summed E-state index contributed by atoms with van der Waals surface area (Å²) in [7, 11) is 0. The molecule has 4 N–H and O–H groups in total. The van der Waals surface area contributed by atoms with Crippen LogP contribution < -0.4 is 5.73 Å². The van der Waals surface area contributed by atoms with Crippen molar-refractivity contribution in [3.8, 4) is 0 Å². The zero-order valence-corrected chi connectivity index (χ0v) is 13.4. The number of rotatable bonds is 15. The second-order valence-corrected chi connectivity index (χ2v) is 5.67. The van der Waals surface area contributed by atoms with Crippen molar-refractivity contribution in [3.05, 3.63) is 0 Å². The summed E-state index contributed by atoms with van der Waals surface area (Å²) < 4.78 is 0. The predicted molar refractivity (Wildman–Crippen MR) is 85.6 cm³/mol. The van der Waals surface area contributed by atoms with E-state index < -0.39 is 0 Å². The van der Waals surface area contributed by atoms with Crippen LogP contribution in [0.5, 0.6) is 0 Å². The lowest BCUT2D eigenvalue weighted by molar-refractivity contribution is 0.118. The minimum Gasteiger partial charge on any atom is -0.395 e. The van der Waals surface area contributed by atoms with E-state index in [0.717, 1.165) is 12.8 Å². The molecule has 0 aliphatic heterocycles. The van der Waals surface area contributed by atoms with Crippen LogP contribution in [0.3, 0.4) is 0 Å². The standard InChI is InChI=1S/C16H36N2O2/c1-2-3-4-5-6-7-8-9-10-11-16(17)18(12-14-19)13-15-20/h16,19-20H,2-15,17H2,1H3. The van der Waals surface area contributed by atoms with Gasteiger partial charge in [0.2, 0.25) is 0 Å². The Labute approximate surface area is 125 Å². The predicted octanol–water partition coefficient (Wildman–Crippen LogP) is 2.48. The van der Waals surface area contributed by atoms with Crippen LogP contribution in [0.1, 0.15) is 71.1 Å². The van der Waals surface area contributed by atoms with Crippen LogP contribution in [0.15, 0.2) is 0 Å². The van der Waals surface area contributed by atoms with Crippen LogP contribution in [-0.2, 0) is 0 Å². The van der Waals surface area contributed by atoms with E-state index >= 15 is 0 Å². The van der Waals surface area contributed by atoms with Crippen LogP contribution in [0, 0.1) is 0 Å². The van der Waals surface area contributed by atoms with Gasteiger partial charge in [-0.3, -0.25) is 4.90 Å². The summed E-state index contributed by atoms with van der Waals surface area (Å²) in [6.07, 6.45) is 12.8. The van der Waals surface area contributed by atoms with Gasteiger partial charge in [0, 0.05) is 13.1 Å². The Morgan fingerprint density at radius 2 is 1.25 bits per heavy atom. The molecule has 0 bridgehead atoms. The lowest BCUT2D eigenvalue weighted by atomic mass is 10.1. The van der Waals surface area contributed by atoms with Crippen LogP contribution in [0.4, 0.5) is 0 Å². The van der Waals surface area contributed by atoms with Crippen LogP contribution in [0.25, 0.3) is 0 Å². The molecule has 4 heteroatoms. The number of hydrogen-bond donors (Lipinski definition) is 3. The lowest BCUT2D eigenvalue weighted by Gasteiger charge is -2.27. The van der Waals surface area contributed by atoms with E-state index in [4.69, 9.17) is 15.9 Å². The molecule has 0 rings (SSSR count). The van der Waals surface area contributed by atoms with Gasteiger partial charge in [-0.15, -0.1) is 0 Å². The number of aliphatic hydroxyl groups is 2. The van der Waals surface area contributed by atoms with Crippen molar-refractivity contribution in [2.45, 2.75) is 77.3 Å². The molecule has 0 saturated heterocycles. The van der Waals surface area contributed by atoms with Gasteiger partial charge in [0.05, 0.1) is 19.4 Å². The quantitative estimate of drug-likeness (QED) is 0.320. The van der Waals surface area contributed by atoms with Gasteiger partial charge in [-0.2, -0.15) is 0 Å². The van der Waals surface area contributed by atoms with Gasteiger partial charge < -0.3 is 15.9 Å². The zero-order valence-electron chi connectivity index (χ0n) is 13.4. The van der Waals surface area contributed by atoms with Gasteiger partial charge >= 0.3 is 0 Å². The van der Waals surface area contributed by atoms with Crippen molar-refractivity contribution in [3.63, 3.8) is 0 Å². The Hall–Kier alpha value is -0.160. The summed E-state index contributed by atoms with van der Waals surface area (Å²) in [6, 6.07) is 0. The van der Waals surface area contributed by atoms with Crippen molar-refractivity contribution in [1.29, 1.82) is 0 Å². The summed E-state index contributed by atoms with van der Waals surface area (Å²) in [4.78, 5) is 1.96. The highest BCUT2D eigenvalue weighted by Gasteiger charge is 2.12. The number of nitrogens with zero attached hydrogens (tertiary/aromatic N) is 1. The van der Waals surface area contributed by atoms with E-state index in [1.165, 1.54) is 51.4 Å². The second-order valence-electron chi connectivity index (χ2n) is 5.67. The highest BCUT2D eigenvalue weighted by atomic mass is 16.3. The van der Waals surface area contributed by atoms with E-state index in [-0.39, 0.29) is 19.4 Å². The van der Waals surface area contributed by atoms with Gasteiger partial charge in [0.1, 0.15) is 0 Å². The Bertz CT molecular complexity index is 185. The summed E-state index contributed by atoms with van der Waals surface area (Å²) in [6.45, 7) is 3.56. The molecule has 1 atom stereocenters. The Balaban J connectivity index is 3.43. The fourth-order valence-corrected chi connectivity index (χ4v) is 2.55. The average molecular weight is 288 g/mol. The molecule has 0 amide bonds. The number of aliphatic hydroxyl groups excluding tert-OH is 2. The SMILES string of the molecule is CCCCCCCCCCCC(N)N(CCO)CCO. The third-order valence-electron chi connectivity index (χ3n) is 3.85. The smallest absolute Gasteiger partial charge is 0.0573 e. The van der Waals surface area contributed by atoms with Gasteiger partial charge in [0.25, 0.3) is 0 Å². The summed E-state index contributed by atoms with van der Waals surface area (Å²) in [5.74, 6) is 0. The molecule has 1 unspecified atom stereocenters. The first kappa shape index (κ1) is 19.8. The van der Waals surface area contributed by atoms with E-state index in [1.807, 2.05) is 4.90 Å². The van der Waals surface area contributed by atoms with Gasteiger partial charge in [-0.05, 0) is 6.42 Å². The number of hydrogen-bond acceptors (Lipinski definition) is 4. The molecule has 0 fully saturated rings. The first-order valence-electron chi connectivity index (χ1n) is 8.47. The van der Waals surface area contributed by atoms with Crippen molar-refractivity contribution in [2.24, 2.45) is 5.73 Å². The first-order chi connectivity index (χ1) is 9.76. The fraction of sp³-hybridized carbons (Fsp3) is 1.00. The molecule has 20 heavy (non-hydrogen) atoms. The highest BCUT2D eigenvalue weighted by Crippen LogP contribution is 2.11. The lowest BCUT2D eigenvalue weighted by Crippen LogP contribution is -2.44. The highest BCUT2D eigenvalue weighted by molar-refractivity contribution is 4.65. The van der Waals surface area contributed by atoms with Crippen molar-refractivity contribution < 1.29 is 10.2 Å². The maximum Gasteiger partial charge on any atom is 0.0573 e. The molecule has 0 aromatic heterocycles. The van der Waals surface area contributed by atoms with Gasteiger partial charge in [0.15, 0.2) is 0 Å². The molecular formula is C16H36N2O2. The summed E-state index contributed by atoms with van der Waals surface area (Å²) >= 11 is 0. The number of nitrogens with two attached hydrogens (primary N) is 1. The third-order valence-corrected chi connectivity index (χ3v) is 3.85. The molecule has 0 aromatic rings. The Morgan fingerprint density at radius 1 is 0.800 bits per heavy atom. The zero-order chi connectivity index (χ0) is 15.1. The third kappa shape index (κ3) is 11.6. The molecule has 0 saturated carbocycles. The fourth-order valence-electron chi connectivity index (χ4n) is 2.55. The minimum absolute atomic E-state index is 0.0288. The van der Waals surface area contributed by atoms with Crippen LogP contribution >= 0.6 is 0 Å². The first-order valence-corrected chi connectivity index (χ1v) is 8.47. The molecule has 0 aliphatic carbocycles. The summed E-state index contributed by atoms with van der Waals surface area (Å²) in [5.41, 5.74) is 6.09. The maximum absolute atomic E-state index is 8.96. The molecule has 0 heterocycles. The topological polar surface area (TPSA) is 69.7 Å². The van der Waals surface area contributed by atoms with Crippen molar-refractivity contribution >= 4 is 0 Å². The average Bonchev–Trinajstić information content (AvgIpc) is 2.45. The van der Waals surface area contributed by atoms with E-state index in [2.05, 4.69) is 6.92 Å². The molecule has 0 aromatic carbocycles. The molecular weight excluding hydrogens is 252 g/mol. The second kappa shape index (κ2) is 15.2. The monoisotopic (exact) mass is 288 g/mol. The Morgan fingerprint density at radius 3 is 1.70 bits per heavy atom. The summed E-state index contributed by atoms with van der Waals surface area (Å²) in [5, 5.41) is 17.9. The molecule has 0 spiro atoms. The Kier molecular flexibility index (Phi) is 15.1. The molecule has 0 radical (unpaired) electrons. The normalized spacial score (nSPS) is 13.1. The molecule has 0 aliphatic rings. The van der Waals surface area contributed by atoms with Crippen molar-refractivity contribution in [2.75, 3.05) is 26.3 Å². The largest absolute Gasteiger partial charge is 0.395 e. The molecule has 122 valence electrons.